The van der Waals surface area contributed by atoms with Crippen LogP contribution in [0.15, 0.2) is 0 Å². The van der Waals surface area contributed by atoms with E-state index in [0.717, 1.165) is 42.9 Å². The van der Waals surface area contributed by atoms with Crippen molar-refractivity contribution in [3.05, 3.63) is 0 Å². The van der Waals surface area contributed by atoms with E-state index in [1.54, 1.807) is 0 Å². The summed E-state index contributed by atoms with van der Waals surface area (Å²) in [5.41, 5.74) is 0.467. The molecule has 0 radical (unpaired) electrons. The van der Waals surface area contributed by atoms with Crippen LogP contribution in [-0.4, -0.2) is 23.8 Å². The summed E-state index contributed by atoms with van der Waals surface area (Å²) in [6.07, 6.45) is 13.0. The second-order valence-electron chi connectivity index (χ2n) is 12.2. The summed E-state index contributed by atoms with van der Waals surface area (Å²) >= 11 is 0. The molecule has 0 aliphatic heterocycles. The van der Waals surface area contributed by atoms with Gasteiger partial charge in [-0.3, -0.25) is 4.79 Å². The zero-order valence-electron chi connectivity index (χ0n) is 19.5. The molecule has 4 aliphatic carbocycles. The topological polar surface area (TPSA) is 46.5 Å². The molecular weight excluding hydrogens is 360 g/mol. The van der Waals surface area contributed by atoms with E-state index in [9.17, 15) is 9.90 Å². The molecule has 0 aromatic heterocycles. The molecule has 4 aliphatic rings. The molecule has 3 heteroatoms. The van der Waals surface area contributed by atoms with Crippen LogP contribution in [0.3, 0.4) is 0 Å². The highest BCUT2D eigenvalue weighted by Gasteiger charge is 2.61. The third kappa shape index (κ3) is 3.58. The molecule has 3 nitrogen and oxygen atoms in total. The molecule has 1 N–H and O–H groups in total. The van der Waals surface area contributed by atoms with Crippen LogP contribution in [-0.2, 0) is 9.53 Å². The fourth-order valence-electron chi connectivity index (χ4n) is 9.06. The van der Waals surface area contributed by atoms with Gasteiger partial charge in [0.1, 0.15) is 0 Å². The van der Waals surface area contributed by atoms with Gasteiger partial charge in [-0.2, -0.15) is 0 Å². The Hall–Kier alpha value is -0.570. The summed E-state index contributed by atoms with van der Waals surface area (Å²) in [4.78, 5) is 11.7. The van der Waals surface area contributed by atoms with E-state index < -0.39 is 5.60 Å². The Labute approximate surface area is 178 Å². The lowest BCUT2D eigenvalue weighted by Gasteiger charge is -2.62. The minimum absolute atomic E-state index is 0.0558. The monoisotopic (exact) mass is 404 g/mol. The Balaban J connectivity index is 1.49. The van der Waals surface area contributed by atoms with E-state index in [2.05, 4.69) is 27.7 Å². The molecule has 9 atom stereocenters. The van der Waals surface area contributed by atoms with E-state index in [0.29, 0.717) is 29.1 Å². The lowest BCUT2D eigenvalue weighted by atomic mass is 9.43. The predicted molar refractivity (Wildman–Crippen MR) is 116 cm³/mol. The Bertz CT molecular complexity index is 627. The maximum atomic E-state index is 11.7. The fourth-order valence-corrected chi connectivity index (χ4v) is 9.06. The normalized spacial score (nSPS) is 50.2. The maximum Gasteiger partial charge on any atom is 0.305 e. The summed E-state index contributed by atoms with van der Waals surface area (Å²) in [6.45, 7) is 9.63. The Morgan fingerprint density at radius 3 is 2.45 bits per heavy atom. The van der Waals surface area contributed by atoms with Gasteiger partial charge in [0.05, 0.1) is 12.7 Å². The molecule has 0 unspecified atom stereocenters. The molecule has 0 heterocycles. The average molecular weight is 405 g/mol. The van der Waals surface area contributed by atoms with Gasteiger partial charge in [0.15, 0.2) is 0 Å². The second kappa shape index (κ2) is 7.53. The van der Waals surface area contributed by atoms with Crippen LogP contribution < -0.4 is 0 Å². The van der Waals surface area contributed by atoms with Crippen LogP contribution in [0.5, 0.6) is 0 Å². The van der Waals surface area contributed by atoms with E-state index in [4.69, 9.17) is 4.74 Å². The minimum Gasteiger partial charge on any atom is -0.469 e. The van der Waals surface area contributed by atoms with Crippen molar-refractivity contribution >= 4 is 5.97 Å². The molecule has 0 bridgehead atoms. The zero-order valence-corrected chi connectivity index (χ0v) is 19.5. The Morgan fingerprint density at radius 2 is 1.72 bits per heavy atom. The van der Waals surface area contributed by atoms with E-state index in [1.165, 1.54) is 52.1 Å². The van der Waals surface area contributed by atoms with Gasteiger partial charge in [-0.05, 0) is 117 Å². The summed E-state index contributed by atoms with van der Waals surface area (Å²) in [5.74, 6) is 4.64. The number of esters is 1. The third-order valence-corrected chi connectivity index (χ3v) is 10.7. The molecule has 4 saturated carbocycles. The van der Waals surface area contributed by atoms with Gasteiger partial charge in [-0.15, -0.1) is 0 Å². The lowest BCUT2D eigenvalue weighted by molar-refractivity contribution is -0.148. The highest BCUT2D eigenvalue weighted by atomic mass is 16.5. The molecule has 0 aromatic carbocycles. The highest BCUT2D eigenvalue weighted by Crippen LogP contribution is 2.68. The minimum atomic E-state index is -0.437. The molecule has 4 fully saturated rings. The van der Waals surface area contributed by atoms with Crippen LogP contribution in [0.1, 0.15) is 98.3 Å². The molecule has 29 heavy (non-hydrogen) atoms. The number of hydrogen-bond donors (Lipinski definition) is 1. The molecule has 0 aromatic rings. The van der Waals surface area contributed by atoms with Gasteiger partial charge in [0, 0.05) is 6.42 Å². The van der Waals surface area contributed by atoms with Gasteiger partial charge in [-0.25, -0.2) is 0 Å². The molecule has 0 spiro atoms. The average Bonchev–Trinajstić information content (AvgIpc) is 3.03. The molecular formula is C26H44O3. The van der Waals surface area contributed by atoms with E-state index in [1.807, 2.05) is 0 Å². The van der Waals surface area contributed by atoms with Gasteiger partial charge < -0.3 is 9.84 Å². The zero-order chi connectivity index (χ0) is 21.0. The van der Waals surface area contributed by atoms with E-state index in [-0.39, 0.29) is 5.97 Å². The first-order valence-corrected chi connectivity index (χ1v) is 12.4. The van der Waals surface area contributed by atoms with Crippen molar-refractivity contribution in [3.8, 4) is 0 Å². The Morgan fingerprint density at radius 1 is 1.00 bits per heavy atom. The number of rotatable bonds is 4. The molecule has 0 amide bonds. The van der Waals surface area contributed by atoms with Crippen molar-refractivity contribution in [2.24, 2.45) is 46.3 Å². The predicted octanol–water partition coefficient (Wildman–Crippen LogP) is 5.99. The number of hydrogen-bond acceptors (Lipinski definition) is 3. The lowest BCUT2D eigenvalue weighted by Crippen LogP contribution is -2.55. The SMILES string of the molecule is COC(=O)CC[C@@H](C)[C@H]1CC[C@H]2[C@@H]3CC[C@H]4C[C@@](C)(O)CC[C@]4(C)[C@H]3CC[C@]12C. The number of fused-ring (bicyclic) bond motifs is 5. The summed E-state index contributed by atoms with van der Waals surface area (Å²) < 4.78 is 4.88. The van der Waals surface area contributed by atoms with E-state index >= 15 is 0 Å². The quantitative estimate of drug-likeness (QED) is 0.586. The molecule has 4 rings (SSSR count). The number of methoxy groups -OCH3 is 1. The van der Waals surface area contributed by atoms with Crippen molar-refractivity contribution in [2.75, 3.05) is 7.11 Å². The number of carbonyl (C=O) groups is 1. The van der Waals surface area contributed by atoms with Crippen molar-refractivity contribution in [1.82, 2.24) is 0 Å². The van der Waals surface area contributed by atoms with Crippen LogP contribution in [0, 0.1) is 46.3 Å². The first-order chi connectivity index (χ1) is 13.6. The van der Waals surface area contributed by atoms with Gasteiger partial charge >= 0.3 is 5.97 Å². The fraction of sp³-hybridized carbons (Fsp3) is 0.962. The molecule has 0 saturated heterocycles. The van der Waals surface area contributed by atoms with Crippen LogP contribution in [0.2, 0.25) is 0 Å². The third-order valence-electron chi connectivity index (χ3n) is 10.7. The number of ether oxygens (including phenoxy) is 1. The summed E-state index contributed by atoms with van der Waals surface area (Å²) in [5, 5.41) is 10.7. The highest BCUT2D eigenvalue weighted by molar-refractivity contribution is 5.69. The standard InChI is InChI=1S/C26H44O3/c1-17(6-11-23(27)29-5)20-9-10-21-19-8-7-18-16-24(2,28)14-15-25(18,3)22(19)12-13-26(20,21)4/h17-22,28H,6-16H2,1-5H3/t17-,18+,19+,20-,21+,22+,24+,25+,26-/m1/s1. The van der Waals surface area contributed by atoms with Gasteiger partial charge in [0.25, 0.3) is 0 Å². The van der Waals surface area contributed by atoms with Crippen molar-refractivity contribution < 1.29 is 14.6 Å². The van der Waals surface area contributed by atoms with Crippen LogP contribution in [0.25, 0.3) is 0 Å². The maximum absolute atomic E-state index is 11.7. The number of carbonyl (C=O) groups excluding carboxylic acids is 1. The smallest absolute Gasteiger partial charge is 0.305 e. The second-order valence-corrected chi connectivity index (χ2v) is 12.2. The summed E-state index contributed by atoms with van der Waals surface area (Å²) in [7, 11) is 1.50. The first kappa shape index (κ1) is 21.7. The Kier molecular flexibility index (Phi) is 5.63. The first-order valence-electron chi connectivity index (χ1n) is 12.4. The molecule has 166 valence electrons. The van der Waals surface area contributed by atoms with Crippen molar-refractivity contribution in [1.29, 1.82) is 0 Å². The van der Waals surface area contributed by atoms with Gasteiger partial charge in [-0.1, -0.05) is 20.8 Å². The van der Waals surface area contributed by atoms with Gasteiger partial charge in [0.2, 0.25) is 0 Å². The summed E-state index contributed by atoms with van der Waals surface area (Å²) in [6, 6.07) is 0. The van der Waals surface area contributed by atoms with Crippen molar-refractivity contribution in [2.45, 2.75) is 104 Å². The van der Waals surface area contributed by atoms with Crippen molar-refractivity contribution in [3.63, 3.8) is 0 Å². The number of aliphatic hydroxyl groups is 1. The largest absolute Gasteiger partial charge is 0.469 e. The van der Waals surface area contributed by atoms with Crippen LogP contribution >= 0.6 is 0 Å². The van der Waals surface area contributed by atoms with Crippen LogP contribution in [0.4, 0.5) is 0 Å².